The van der Waals surface area contributed by atoms with Crippen LogP contribution in [-0.4, -0.2) is 49.1 Å². The molecule has 1 atom stereocenters. The van der Waals surface area contributed by atoms with Crippen LogP contribution < -0.4 is 5.32 Å². The van der Waals surface area contributed by atoms with Gasteiger partial charge in [-0.3, -0.25) is 4.79 Å². The van der Waals surface area contributed by atoms with Gasteiger partial charge in [0.1, 0.15) is 6.04 Å². The van der Waals surface area contributed by atoms with Crippen LogP contribution in [0, 0.1) is 0 Å². The van der Waals surface area contributed by atoms with E-state index in [-0.39, 0.29) is 11.9 Å². The molecule has 19 heavy (non-hydrogen) atoms. The summed E-state index contributed by atoms with van der Waals surface area (Å²) >= 11 is 3.18. The molecule has 0 spiro atoms. The minimum Gasteiger partial charge on any atom is -0.464 e. The number of rotatable bonds is 3. The molecule has 1 N–H and O–H groups in total. The standard InChI is InChI=1S/C12H15BrN2O4/c1-2-18-12(17)9-7-14-4-5-15(9)11(16)8-3-6-19-10(8)13/h3,6,9,14H,2,4-5,7H2,1H3. The molecule has 0 bridgehead atoms. The van der Waals surface area contributed by atoms with Gasteiger partial charge in [0.15, 0.2) is 4.67 Å². The maximum Gasteiger partial charge on any atom is 0.330 e. The molecule has 2 heterocycles. The Kier molecular flexibility index (Phi) is 4.60. The molecule has 1 amide bonds. The van der Waals surface area contributed by atoms with Gasteiger partial charge in [0.25, 0.3) is 5.91 Å². The number of piperazine rings is 1. The fraction of sp³-hybridized carbons (Fsp3) is 0.500. The average Bonchev–Trinajstić information content (AvgIpc) is 2.84. The predicted octanol–water partition coefficient (Wildman–Crippen LogP) is 1.02. The van der Waals surface area contributed by atoms with Gasteiger partial charge < -0.3 is 19.4 Å². The van der Waals surface area contributed by atoms with Crippen molar-refractivity contribution in [1.82, 2.24) is 10.2 Å². The number of furan rings is 1. The molecule has 7 heteroatoms. The number of nitrogens with zero attached hydrogens (tertiary/aromatic N) is 1. The normalized spacial score (nSPS) is 19.3. The van der Waals surface area contributed by atoms with Gasteiger partial charge in [-0.25, -0.2) is 4.79 Å². The largest absolute Gasteiger partial charge is 0.464 e. The quantitative estimate of drug-likeness (QED) is 0.838. The van der Waals surface area contributed by atoms with Gasteiger partial charge in [-0.15, -0.1) is 0 Å². The van der Waals surface area contributed by atoms with Crippen LogP contribution >= 0.6 is 15.9 Å². The Balaban J connectivity index is 2.18. The Labute approximate surface area is 119 Å². The van der Waals surface area contributed by atoms with E-state index in [2.05, 4.69) is 21.2 Å². The summed E-state index contributed by atoms with van der Waals surface area (Å²) in [6.07, 6.45) is 1.43. The zero-order chi connectivity index (χ0) is 13.8. The number of hydrogen-bond acceptors (Lipinski definition) is 5. The van der Waals surface area contributed by atoms with Crippen LogP contribution in [-0.2, 0) is 9.53 Å². The summed E-state index contributed by atoms with van der Waals surface area (Å²) in [5.41, 5.74) is 0.413. The lowest BCUT2D eigenvalue weighted by Gasteiger charge is -2.34. The Morgan fingerprint density at radius 3 is 3.05 bits per heavy atom. The highest BCUT2D eigenvalue weighted by atomic mass is 79.9. The van der Waals surface area contributed by atoms with E-state index >= 15 is 0 Å². The number of amides is 1. The maximum atomic E-state index is 12.4. The molecule has 2 rings (SSSR count). The summed E-state index contributed by atoms with van der Waals surface area (Å²) in [5.74, 6) is -0.622. The first-order valence-electron chi connectivity index (χ1n) is 6.06. The van der Waals surface area contributed by atoms with Crippen molar-refractivity contribution in [1.29, 1.82) is 0 Å². The Morgan fingerprint density at radius 1 is 1.63 bits per heavy atom. The second kappa shape index (κ2) is 6.21. The van der Waals surface area contributed by atoms with Crippen molar-refractivity contribution in [3.63, 3.8) is 0 Å². The molecule has 1 unspecified atom stereocenters. The summed E-state index contributed by atoms with van der Waals surface area (Å²) in [6, 6.07) is 0.986. The van der Waals surface area contributed by atoms with E-state index in [9.17, 15) is 9.59 Å². The van der Waals surface area contributed by atoms with Crippen molar-refractivity contribution in [2.24, 2.45) is 0 Å². The summed E-state index contributed by atoms with van der Waals surface area (Å²) in [5, 5.41) is 3.09. The monoisotopic (exact) mass is 330 g/mol. The first-order valence-corrected chi connectivity index (χ1v) is 6.85. The zero-order valence-corrected chi connectivity index (χ0v) is 12.1. The van der Waals surface area contributed by atoms with Crippen molar-refractivity contribution in [3.8, 4) is 0 Å². The van der Waals surface area contributed by atoms with Crippen LogP contribution in [0.1, 0.15) is 17.3 Å². The lowest BCUT2D eigenvalue weighted by molar-refractivity contribution is -0.149. The first kappa shape index (κ1) is 14.1. The lowest BCUT2D eigenvalue weighted by Crippen LogP contribution is -2.57. The molecular weight excluding hydrogens is 316 g/mol. The predicted molar refractivity (Wildman–Crippen MR) is 70.7 cm³/mol. The molecule has 104 valence electrons. The van der Waals surface area contributed by atoms with Gasteiger partial charge >= 0.3 is 5.97 Å². The van der Waals surface area contributed by atoms with Gasteiger partial charge in [-0.2, -0.15) is 0 Å². The lowest BCUT2D eigenvalue weighted by atomic mass is 10.1. The van der Waals surface area contributed by atoms with Crippen molar-refractivity contribution < 1.29 is 18.7 Å². The second-order valence-corrected chi connectivity index (χ2v) is 4.80. The third kappa shape index (κ3) is 2.98. The number of esters is 1. The Bertz CT molecular complexity index is 474. The molecule has 6 nitrogen and oxygen atoms in total. The molecule has 1 aliphatic rings. The van der Waals surface area contributed by atoms with Crippen LogP contribution in [0.3, 0.4) is 0 Å². The Morgan fingerprint density at radius 2 is 2.42 bits per heavy atom. The molecule has 1 fully saturated rings. The van der Waals surface area contributed by atoms with Gasteiger partial charge in [-0.05, 0) is 28.9 Å². The van der Waals surface area contributed by atoms with Gasteiger partial charge in [-0.1, -0.05) is 0 Å². The van der Waals surface area contributed by atoms with E-state index in [0.717, 1.165) is 0 Å². The number of ether oxygens (including phenoxy) is 1. The fourth-order valence-corrected chi connectivity index (χ4v) is 2.41. The highest BCUT2D eigenvalue weighted by molar-refractivity contribution is 9.10. The van der Waals surface area contributed by atoms with Crippen LogP contribution in [0.4, 0.5) is 0 Å². The van der Waals surface area contributed by atoms with E-state index < -0.39 is 6.04 Å². The van der Waals surface area contributed by atoms with Gasteiger partial charge in [0.05, 0.1) is 18.4 Å². The molecule has 1 aliphatic heterocycles. The van der Waals surface area contributed by atoms with E-state index in [1.165, 1.54) is 11.2 Å². The molecule has 1 aromatic rings. The van der Waals surface area contributed by atoms with Crippen LogP contribution in [0.2, 0.25) is 0 Å². The van der Waals surface area contributed by atoms with Crippen molar-refractivity contribution in [2.75, 3.05) is 26.2 Å². The zero-order valence-electron chi connectivity index (χ0n) is 10.5. The first-order chi connectivity index (χ1) is 9.15. The highest BCUT2D eigenvalue weighted by Gasteiger charge is 2.34. The molecule has 0 saturated carbocycles. The number of carbonyl (C=O) groups excluding carboxylic acids is 2. The molecule has 1 saturated heterocycles. The molecule has 1 aromatic heterocycles. The minimum atomic E-state index is -0.594. The highest BCUT2D eigenvalue weighted by Crippen LogP contribution is 2.21. The maximum absolute atomic E-state index is 12.4. The van der Waals surface area contributed by atoms with Crippen molar-refractivity contribution >= 4 is 27.8 Å². The van der Waals surface area contributed by atoms with Gasteiger partial charge in [0, 0.05) is 19.6 Å². The summed E-state index contributed by atoms with van der Waals surface area (Å²) in [6.45, 7) is 3.55. The van der Waals surface area contributed by atoms with Crippen LogP contribution in [0.5, 0.6) is 0 Å². The SMILES string of the molecule is CCOC(=O)C1CNCCN1C(=O)c1ccoc1Br. The number of hydrogen-bond donors (Lipinski definition) is 1. The van der Waals surface area contributed by atoms with E-state index in [1.54, 1.807) is 13.0 Å². The van der Waals surface area contributed by atoms with Crippen LogP contribution in [0.25, 0.3) is 0 Å². The molecule has 0 radical (unpaired) electrons. The van der Waals surface area contributed by atoms with E-state index in [1.807, 2.05) is 0 Å². The summed E-state index contributed by atoms with van der Waals surface area (Å²) in [7, 11) is 0. The number of nitrogens with one attached hydrogen (secondary N) is 1. The molecule has 0 aliphatic carbocycles. The molecular formula is C12H15BrN2O4. The van der Waals surface area contributed by atoms with E-state index in [0.29, 0.717) is 36.5 Å². The van der Waals surface area contributed by atoms with E-state index in [4.69, 9.17) is 9.15 Å². The topological polar surface area (TPSA) is 71.8 Å². The smallest absolute Gasteiger partial charge is 0.330 e. The third-order valence-electron chi connectivity index (χ3n) is 2.91. The number of halogens is 1. The molecule has 0 aromatic carbocycles. The van der Waals surface area contributed by atoms with Crippen molar-refractivity contribution in [2.45, 2.75) is 13.0 Å². The minimum absolute atomic E-state index is 0.236. The van der Waals surface area contributed by atoms with Crippen LogP contribution in [0.15, 0.2) is 21.4 Å². The second-order valence-electron chi connectivity index (χ2n) is 4.08. The Hall–Kier alpha value is -1.34. The summed E-state index contributed by atoms with van der Waals surface area (Å²) in [4.78, 5) is 25.8. The van der Waals surface area contributed by atoms with Crippen molar-refractivity contribution in [3.05, 3.63) is 22.6 Å². The fourth-order valence-electron chi connectivity index (χ4n) is 2.00. The summed E-state index contributed by atoms with van der Waals surface area (Å²) < 4.78 is 10.4. The average molecular weight is 331 g/mol. The third-order valence-corrected chi connectivity index (χ3v) is 3.53. The van der Waals surface area contributed by atoms with Gasteiger partial charge in [0.2, 0.25) is 0 Å². The number of carbonyl (C=O) groups is 2.